The Bertz CT molecular complexity index is 677. The molecule has 0 aliphatic carbocycles. The summed E-state index contributed by atoms with van der Waals surface area (Å²) in [6.07, 6.45) is 4.95. The van der Waals surface area contributed by atoms with Crippen LogP contribution in [-0.4, -0.2) is 64.4 Å². The Morgan fingerprint density at radius 1 is 0.920 bits per heavy atom. The number of rotatable bonds is 3. The molecule has 0 amide bonds. The number of ether oxygens (including phenoxy) is 2. The van der Waals surface area contributed by atoms with Gasteiger partial charge in [0.05, 0.1) is 25.6 Å². The summed E-state index contributed by atoms with van der Waals surface area (Å²) < 4.78 is 10.9. The maximum absolute atomic E-state index is 5.64. The fraction of sp³-hybridized carbons (Fsp3) is 0.562. The van der Waals surface area contributed by atoms with Crippen LogP contribution >= 0.6 is 0 Å². The lowest BCUT2D eigenvalue weighted by Gasteiger charge is -2.28. The van der Waals surface area contributed by atoms with Crippen molar-refractivity contribution in [3.05, 3.63) is 18.2 Å². The van der Waals surface area contributed by atoms with Gasteiger partial charge < -0.3 is 20.1 Å². The van der Waals surface area contributed by atoms with Crippen LogP contribution in [0.25, 0.3) is 11.5 Å². The van der Waals surface area contributed by atoms with E-state index in [9.17, 15) is 0 Å². The first-order chi connectivity index (χ1) is 12.3. The van der Waals surface area contributed by atoms with Crippen molar-refractivity contribution in [1.82, 2.24) is 24.9 Å². The van der Waals surface area contributed by atoms with Gasteiger partial charge in [-0.15, -0.1) is 0 Å². The molecule has 0 saturated carbocycles. The minimum absolute atomic E-state index is 0.275. The van der Waals surface area contributed by atoms with E-state index in [0.29, 0.717) is 36.5 Å². The molecule has 132 valence electrons. The summed E-state index contributed by atoms with van der Waals surface area (Å²) >= 11 is 0. The van der Waals surface area contributed by atoms with E-state index < -0.39 is 0 Å². The Labute approximate surface area is 145 Å². The molecular formula is C16H21N7O2. The molecule has 2 aromatic heterocycles. The smallest absolute Gasteiger partial charge is 0.229 e. The molecule has 9 heteroatoms. The van der Waals surface area contributed by atoms with Crippen LogP contribution in [0.2, 0.25) is 0 Å². The second-order valence-corrected chi connectivity index (χ2v) is 6.13. The van der Waals surface area contributed by atoms with E-state index in [1.54, 1.807) is 6.20 Å². The van der Waals surface area contributed by atoms with Gasteiger partial charge in [-0.05, 0) is 12.8 Å². The molecule has 0 aromatic carbocycles. The lowest BCUT2D eigenvalue weighted by Crippen LogP contribution is -2.37. The minimum Gasteiger partial charge on any atom is -0.382 e. The van der Waals surface area contributed by atoms with Gasteiger partial charge in [0.1, 0.15) is 17.3 Å². The summed E-state index contributed by atoms with van der Waals surface area (Å²) in [6.45, 7) is 4.36. The third kappa shape index (κ3) is 3.67. The van der Waals surface area contributed by atoms with Gasteiger partial charge in [-0.2, -0.15) is 9.97 Å². The second kappa shape index (κ2) is 7.24. The van der Waals surface area contributed by atoms with Gasteiger partial charge in [0.25, 0.3) is 0 Å². The minimum atomic E-state index is 0.275. The maximum atomic E-state index is 5.64. The normalized spacial score (nSPS) is 19.1. The lowest BCUT2D eigenvalue weighted by atomic mass is 9.99. The van der Waals surface area contributed by atoms with E-state index in [4.69, 9.17) is 20.2 Å². The van der Waals surface area contributed by atoms with Crippen LogP contribution in [0.3, 0.4) is 0 Å². The van der Waals surface area contributed by atoms with Gasteiger partial charge in [-0.3, -0.25) is 0 Å². The quantitative estimate of drug-likeness (QED) is 0.857. The van der Waals surface area contributed by atoms with Crippen LogP contribution in [0.4, 0.5) is 11.8 Å². The van der Waals surface area contributed by atoms with Gasteiger partial charge in [-0.1, -0.05) is 0 Å². The molecule has 4 heterocycles. The van der Waals surface area contributed by atoms with Gasteiger partial charge in [0, 0.05) is 32.2 Å². The molecule has 2 saturated heterocycles. The van der Waals surface area contributed by atoms with Crippen molar-refractivity contribution in [2.24, 2.45) is 0 Å². The zero-order chi connectivity index (χ0) is 17.1. The predicted octanol–water partition coefficient (Wildman–Crippen LogP) is 0.641. The number of hydrogen-bond acceptors (Lipinski definition) is 9. The summed E-state index contributed by atoms with van der Waals surface area (Å²) in [6, 6.07) is 0. The van der Waals surface area contributed by atoms with Crippen LogP contribution in [0.15, 0.2) is 12.4 Å². The standard InChI is InChI=1S/C16H21N7O2/c17-13-10-18-12(9-19-13)15-20-14(11-1-5-24-6-2-11)21-16(22-15)23-3-7-25-8-4-23/h9-11H,1-8H2,(H2,17,19). The summed E-state index contributed by atoms with van der Waals surface area (Å²) in [7, 11) is 0. The van der Waals surface area contributed by atoms with E-state index in [-0.39, 0.29) is 5.92 Å². The van der Waals surface area contributed by atoms with Crippen LogP contribution in [0.1, 0.15) is 24.6 Å². The molecule has 0 bridgehead atoms. The van der Waals surface area contributed by atoms with Crippen LogP contribution in [0.5, 0.6) is 0 Å². The highest BCUT2D eigenvalue weighted by atomic mass is 16.5. The highest BCUT2D eigenvalue weighted by molar-refractivity contribution is 5.51. The highest BCUT2D eigenvalue weighted by Crippen LogP contribution is 2.27. The van der Waals surface area contributed by atoms with Gasteiger partial charge >= 0.3 is 0 Å². The summed E-state index contributed by atoms with van der Waals surface area (Å²) in [5.41, 5.74) is 6.23. The van der Waals surface area contributed by atoms with Gasteiger partial charge in [0.15, 0.2) is 5.82 Å². The Hall–Kier alpha value is -2.39. The lowest BCUT2D eigenvalue weighted by molar-refractivity contribution is 0.0835. The average Bonchev–Trinajstić information content (AvgIpc) is 2.69. The van der Waals surface area contributed by atoms with Gasteiger partial charge in [0.2, 0.25) is 5.95 Å². The SMILES string of the molecule is Nc1cnc(-c2nc(C3CCOCC3)nc(N3CCOCC3)n2)cn1. The number of nitrogen functional groups attached to an aromatic ring is 1. The zero-order valence-corrected chi connectivity index (χ0v) is 14.0. The summed E-state index contributed by atoms with van der Waals surface area (Å²) in [4.78, 5) is 24.6. The molecule has 0 unspecified atom stereocenters. The zero-order valence-electron chi connectivity index (χ0n) is 14.0. The molecule has 2 N–H and O–H groups in total. The molecule has 2 aromatic rings. The summed E-state index contributed by atoms with van der Waals surface area (Å²) in [5.74, 6) is 2.65. The first-order valence-corrected chi connectivity index (χ1v) is 8.54. The third-order valence-electron chi connectivity index (χ3n) is 4.42. The van der Waals surface area contributed by atoms with Crippen molar-refractivity contribution in [2.45, 2.75) is 18.8 Å². The number of anilines is 2. The van der Waals surface area contributed by atoms with Crippen molar-refractivity contribution in [2.75, 3.05) is 50.2 Å². The molecule has 0 spiro atoms. The van der Waals surface area contributed by atoms with E-state index in [1.165, 1.54) is 6.20 Å². The fourth-order valence-corrected chi connectivity index (χ4v) is 2.99. The topological polar surface area (TPSA) is 112 Å². The van der Waals surface area contributed by atoms with Crippen molar-refractivity contribution >= 4 is 11.8 Å². The first kappa shape index (κ1) is 16.1. The van der Waals surface area contributed by atoms with Crippen LogP contribution < -0.4 is 10.6 Å². The molecule has 2 aliphatic rings. The largest absolute Gasteiger partial charge is 0.382 e. The monoisotopic (exact) mass is 343 g/mol. The van der Waals surface area contributed by atoms with E-state index in [2.05, 4.69) is 24.8 Å². The Morgan fingerprint density at radius 3 is 2.40 bits per heavy atom. The second-order valence-electron chi connectivity index (χ2n) is 6.13. The fourth-order valence-electron chi connectivity index (χ4n) is 2.99. The molecule has 25 heavy (non-hydrogen) atoms. The van der Waals surface area contributed by atoms with Gasteiger partial charge in [-0.25, -0.2) is 15.0 Å². The number of nitrogens with zero attached hydrogens (tertiary/aromatic N) is 6. The first-order valence-electron chi connectivity index (χ1n) is 8.54. The van der Waals surface area contributed by atoms with Crippen molar-refractivity contribution in [3.8, 4) is 11.5 Å². The molecular weight excluding hydrogens is 322 g/mol. The van der Waals surface area contributed by atoms with Crippen molar-refractivity contribution in [3.63, 3.8) is 0 Å². The molecule has 4 rings (SSSR count). The Morgan fingerprint density at radius 2 is 1.68 bits per heavy atom. The third-order valence-corrected chi connectivity index (χ3v) is 4.42. The number of nitrogens with two attached hydrogens (primary N) is 1. The molecule has 2 aliphatic heterocycles. The van der Waals surface area contributed by atoms with E-state index in [0.717, 1.165) is 45.0 Å². The predicted molar refractivity (Wildman–Crippen MR) is 91.1 cm³/mol. The van der Waals surface area contributed by atoms with Crippen molar-refractivity contribution < 1.29 is 9.47 Å². The van der Waals surface area contributed by atoms with E-state index in [1.807, 2.05) is 0 Å². The van der Waals surface area contributed by atoms with Crippen LogP contribution in [0, 0.1) is 0 Å². The number of hydrogen-bond donors (Lipinski definition) is 1. The summed E-state index contributed by atoms with van der Waals surface area (Å²) in [5, 5.41) is 0. The molecule has 0 atom stereocenters. The van der Waals surface area contributed by atoms with Crippen molar-refractivity contribution in [1.29, 1.82) is 0 Å². The molecule has 9 nitrogen and oxygen atoms in total. The average molecular weight is 343 g/mol. The Kier molecular flexibility index (Phi) is 4.66. The number of aromatic nitrogens is 5. The maximum Gasteiger partial charge on any atom is 0.229 e. The van der Waals surface area contributed by atoms with Crippen LogP contribution in [-0.2, 0) is 9.47 Å². The molecule has 0 radical (unpaired) electrons. The number of morpholine rings is 1. The van der Waals surface area contributed by atoms with E-state index >= 15 is 0 Å². The molecule has 2 fully saturated rings. The highest BCUT2D eigenvalue weighted by Gasteiger charge is 2.23. The Balaban J connectivity index is 1.72.